The van der Waals surface area contributed by atoms with Gasteiger partial charge in [0.25, 0.3) is 0 Å². The summed E-state index contributed by atoms with van der Waals surface area (Å²) in [5.74, 6) is 0.452. The largest absolute Gasteiger partial charge is 0.481 e. The van der Waals surface area contributed by atoms with E-state index in [-0.39, 0.29) is 12.3 Å². The molecule has 4 nitrogen and oxygen atoms in total. The van der Waals surface area contributed by atoms with E-state index in [4.69, 9.17) is 16.7 Å². The Morgan fingerprint density at radius 2 is 2.44 bits per heavy atom. The molecule has 0 saturated carbocycles. The molecule has 1 unspecified atom stereocenters. The summed E-state index contributed by atoms with van der Waals surface area (Å²) in [6.45, 7) is 2.78. The van der Waals surface area contributed by atoms with Gasteiger partial charge in [0.05, 0.1) is 5.69 Å². The summed E-state index contributed by atoms with van der Waals surface area (Å²) in [7, 11) is 0. The van der Waals surface area contributed by atoms with Crippen LogP contribution in [0.1, 0.15) is 31.3 Å². The van der Waals surface area contributed by atoms with Crippen LogP contribution < -0.4 is 0 Å². The van der Waals surface area contributed by atoms with Gasteiger partial charge < -0.3 is 9.67 Å². The van der Waals surface area contributed by atoms with E-state index in [0.717, 1.165) is 37.3 Å². The number of imidazole rings is 1. The first kappa shape index (κ1) is 11.5. The lowest BCUT2D eigenvalue weighted by Crippen LogP contribution is -2.23. The molecular formula is C11H15ClN2O2. The smallest absolute Gasteiger partial charge is 0.303 e. The number of hydrogen-bond acceptors (Lipinski definition) is 2. The molecule has 0 amide bonds. The maximum atomic E-state index is 10.7. The Kier molecular flexibility index (Phi) is 3.19. The first-order valence-corrected chi connectivity index (χ1v) is 5.95. The van der Waals surface area contributed by atoms with Crippen LogP contribution in [0.25, 0.3) is 0 Å². The minimum absolute atomic E-state index is 0.209. The fourth-order valence-electron chi connectivity index (χ4n) is 2.33. The number of aromatic nitrogens is 2. The van der Waals surface area contributed by atoms with Crippen LogP contribution in [0.3, 0.4) is 0 Å². The van der Waals surface area contributed by atoms with Crippen LogP contribution in [0.2, 0.25) is 5.15 Å². The average Bonchev–Trinajstić information content (AvgIpc) is 2.54. The number of hydrogen-bond donors (Lipinski definition) is 1. The molecule has 0 saturated heterocycles. The normalized spacial score (nSPS) is 19.5. The lowest BCUT2D eigenvalue weighted by molar-refractivity contribution is -0.138. The van der Waals surface area contributed by atoms with E-state index < -0.39 is 5.97 Å². The van der Waals surface area contributed by atoms with Gasteiger partial charge in [-0.1, -0.05) is 18.5 Å². The molecule has 1 aliphatic rings. The Morgan fingerprint density at radius 3 is 3.06 bits per heavy atom. The van der Waals surface area contributed by atoms with Crippen molar-refractivity contribution < 1.29 is 9.90 Å². The number of carbonyl (C=O) groups is 1. The Balaban J connectivity index is 2.21. The highest BCUT2D eigenvalue weighted by Gasteiger charge is 2.25. The maximum Gasteiger partial charge on any atom is 0.303 e. The van der Waals surface area contributed by atoms with Crippen LogP contribution in [-0.2, 0) is 24.2 Å². The second kappa shape index (κ2) is 4.45. The zero-order valence-corrected chi connectivity index (χ0v) is 10.00. The number of carboxylic acids is 1. The maximum absolute atomic E-state index is 10.7. The van der Waals surface area contributed by atoms with Crippen molar-refractivity contribution in [3.8, 4) is 0 Å². The van der Waals surface area contributed by atoms with Crippen LogP contribution in [0.15, 0.2) is 0 Å². The SMILES string of the molecule is CCc1nc(Cl)c2n1CC(CC(=O)O)CC2. The third kappa shape index (κ3) is 2.07. The predicted molar refractivity (Wildman–Crippen MR) is 60.7 cm³/mol. The van der Waals surface area contributed by atoms with Gasteiger partial charge in [0.2, 0.25) is 0 Å². The number of nitrogens with zero attached hydrogens (tertiary/aromatic N) is 2. The number of rotatable bonds is 3. The van der Waals surface area contributed by atoms with Crippen molar-refractivity contribution in [2.75, 3.05) is 0 Å². The lowest BCUT2D eigenvalue weighted by Gasteiger charge is -2.24. The molecule has 0 fully saturated rings. The quantitative estimate of drug-likeness (QED) is 0.884. The number of halogens is 1. The second-order valence-corrected chi connectivity index (χ2v) is 4.59. The van der Waals surface area contributed by atoms with E-state index in [1.807, 2.05) is 6.92 Å². The highest BCUT2D eigenvalue weighted by atomic mass is 35.5. The highest BCUT2D eigenvalue weighted by Crippen LogP contribution is 2.28. The minimum Gasteiger partial charge on any atom is -0.481 e. The molecule has 88 valence electrons. The summed E-state index contributed by atoms with van der Waals surface area (Å²) in [4.78, 5) is 15.0. The fourth-order valence-corrected chi connectivity index (χ4v) is 2.63. The van der Waals surface area contributed by atoms with E-state index in [2.05, 4.69) is 9.55 Å². The molecule has 2 rings (SSSR count). The van der Waals surface area contributed by atoms with Crippen LogP contribution >= 0.6 is 11.6 Å². The first-order valence-electron chi connectivity index (χ1n) is 5.57. The zero-order valence-electron chi connectivity index (χ0n) is 9.24. The average molecular weight is 243 g/mol. The standard InChI is InChI=1S/C11H15ClN2O2/c1-2-9-13-11(12)8-4-3-7(5-10(15)16)6-14(8)9/h7H,2-6H2,1H3,(H,15,16). The Hall–Kier alpha value is -1.03. The van der Waals surface area contributed by atoms with E-state index in [9.17, 15) is 4.79 Å². The summed E-state index contributed by atoms with van der Waals surface area (Å²) in [5, 5.41) is 9.38. The van der Waals surface area contributed by atoms with Crippen LogP contribution in [-0.4, -0.2) is 20.6 Å². The Bertz CT molecular complexity index is 414. The van der Waals surface area contributed by atoms with Gasteiger partial charge in [0.15, 0.2) is 5.15 Å². The molecule has 2 heterocycles. The van der Waals surface area contributed by atoms with Crippen molar-refractivity contribution in [1.29, 1.82) is 0 Å². The van der Waals surface area contributed by atoms with Gasteiger partial charge >= 0.3 is 5.97 Å². The van der Waals surface area contributed by atoms with Gasteiger partial charge in [-0.15, -0.1) is 0 Å². The van der Waals surface area contributed by atoms with E-state index in [1.165, 1.54) is 0 Å². The minimum atomic E-state index is -0.724. The molecule has 5 heteroatoms. The van der Waals surface area contributed by atoms with Crippen LogP contribution in [0.4, 0.5) is 0 Å². The van der Waals surface area contributed by atoms with Crippen molar-refractivity contribution in [2.24, 2.45) is 5.92 Å². The highest BCUT2D eigenvalue weighted by molar-refractivity contribution is 6.30. The van der Waals surface area contributed by atoms with Gasteiger partial charge in [-0.3, -0.25) is 4.79 Å². The monoisotopic (exact) mass is 242 g/mol. The second-order valence-electron chi connectivity index (χ2n) is 4.23. The molecule has 1 atom stereocenters. The van der Waals surface area contributed by atoms with Crippen molar-refractivity contribution in [3.63, 3.8) is 0 Å². The van der Waals surface area contributed by atoms with Crippen molar-refractivity contribution in [3.05, 3.63) is 16.7 Å². The Labute approximate surface area is 99.2 Å². The molecule has 0 spiro atoms. The van der Waals surface area contributed by atoms with E-state index in [1.54, 1.807) is 0 Å². The third-order valence-corrected chi connectivity index (χ3v) is 3.42. The summed E-state index contributed by atoms with van der Waals surface area (Å²) < 4.78 is 2.10. The molecule has 0 aliphatic carbocycles. The molecule has 16 heavy (non-hydrogen) atoms. The van der Waals surface area contributed by atoms with E-state index >= 15 is 0 Å². The molecule has 0 bridgehead atoms. The van der Waals surface area contributed by atoms with Crippen LogP contribution in [0, 0.1) is 5.92 Å². The third-order valence-electron chi connectivity index (χ3n) is 3.11. The van der Waals surface area contributed by atoms with Gasteiger partial charge in [-0.2, -0.15) is 0 Å². The molecule has 1 aromatic heterocycles. The summed E-state index contributed by atoms with van der Waals surface area (Å²) in [5.41, 5.74) is 1.07. The first-order chi connectivity index (χ1) is 7.61. The number of carboxylic acid groups (broad SMARTS) is 1. The molecule has 0 radical (unpaired) electrons. The summed E-state index contributed by atoms with van der Waals surface area (Å²) in [6, 6.07) is 0. The molecule has 1 N–H and O–H groups in total. The van der Waals surface area contributed by atoms with Crippen molar-refractivity contribution in [1.82, 2.24) is 9.55 Å². The van der Waals surface area contributed by atoms with Gasteiger partial charge in [-0.05, 0) is 18.8 Å². The van der Waals surface area contributed by atoms with Crippen LogP contribution in [0.5, 0.6) is 0 Å². The summed E-state index contributed by atoms with van der Waals surface area (Å²) in [6.07, 6.45) is 2.79. The number of aryl methyl sites for hydroxylation is 1. The fraction of sp³-hybridized carbons (Fsp3) is 0.636. The molecule has 1 aromatic rings. The summed E-state index contributed by atoms with van der Waals surface area (Å²) >= 11 is 6.05. The topological polar surface area (TPSA) is 55.1 Å². The lowest BCUT2D eigenvalue weighted by atomic mass is 9.95. The van der Waals surface area contributed by atoms with Gasteiger partial charge in [0, 0.05) is 19.4 Å². The van der Waals surface area contributed by atoms with Gasteiger partial charge in [-0.25, -0.2) is 4.98 Å². The van der Waals surface area contributed by atoms with Crippen molar-refractivity contribution in [2.45, 2.75) is 39.2 Å². The number of fused-ring (bicyclic) bond motifs is 1. The Morgan fingerprint density at radius 1 is 1.69 bits per heavy atom. The van der Waals surface area contributed by atoms with Crippen molar-refractivity contribution >= 4 is 17.6 Å². The molecular weight excluding hydrogens is 228 g/mol. The predicted octanol–water partition coefficient (Wildman–Crippen LogP) is 2.14. The zero-order chi connectivity index (χ0) is 11.7. The number of aliphatic carboxylic acids is 1. The van der Waals surface area contributed by atoms with Gasteiger partial charge in [0.1, 0.15) is 5.82 Å². The molecule has 0 aromatic carbocycles. The molecule has 1 aliphatic heterocycles. The van der Waals surface area contributed by atoms with E-state index in [0.29, 0.717) is 5.15 Å².